The number of oxazole rings is 1. The summed E-state index contributed by atoms with van der Waals surface area (Å²) in [5, 5.41) is 0.708. The molecule has 3 nitrogen and oxygen atoms in total. The fraction of sp³-hybridized carbons (Fsp3) is 0.381. The molecular formula is C21H25ClN2O. The van der Waals surface area contributed by atoms with Crippen LogP contribution >= 0.6 is 11.6 Å². The first kappa shape index (κ1) is 17.8. The Morgan fingerprint density at radius 2 is 1.60 bits per heavy atom. The molecule has 0 radical (unpaired) electrons. The van der Waals surface area contributed by atoms with Gasteiger partial charge in [-0.2, -0.15) is 0 Å². The van der Waals surface area contributed by atoms with Crippen molar-refractivity contribution in [3.8, 4) is 11.5 Å². The van der Waals surface area contributed by atoms with Crippen LogP contribution in [0.3, 0.4) is 0 Å². The van der Waals surface area contributed by atoms with Crippen LogP contribution in [0.1, 0.15) is 27.7 Å². The van der Waals surface area contributed by atoms with Crippen LogP contribution in [-0.4, -0.2) is 18.1 Å². The normalized spacial score (nSPS) is 11.6. The molecule has 0 fully saturated rings. The molecule has 0 amide bonds. The highest BCUT2D eigenvalue weighted by atomic mass is 35.5. The molecule has 0 aliphatic rings. The van der Waals surface area contributed by atoms with Crippen molar-refractivity contribution in [2.45, 2.75) is 27.7 Å². The molecule has 0 bridgehead atoms. The Balaban J connectivity index is 1.94. The van der Waals surface area contributed by atoms with Gasteiger partial charge in [-0.15, -0.1) is 0 Å². The molecule has 0 atom stereocenters. The molecule has 0 N–H and O–H groups in total. The molecule has 132 valence electrons. The molecule has 1 heterocycles. The average Bonchev–Trinajstić information content (AvgIpc) is 2.97. The van der Waals surface area contributed by atoms with Crippen molar-refractivity contribution in [2.75, 3.05) is 18.0 Å². The van der Waals surface area contributed by atoms with E-state index in [1.165, 1.54) is 5.69 Å². The van der Waals surface area contributed by atoms with Crippen LogP contribution in [-0.2, 0) is 0 Å². The van der Waals surface area contributed by atoms with Gasteiger partial charge in [0.25, 0.3) is 0 Å². The standard InChI is InChI=1S/C21H25ClN2O/c1-14(2)12-24(13-15(3)4)18-9-10-20-19(11-18)23-21(25-20)16-5-7-17(22)8-6-16/h5-11,14-15H,12-13H2,1-4H3. The van der Waals surface area contributed by atoms with Crippen molar-refractivity contribution in [3.63, 3.8) is 0 Å². The number of rotatable bonds is 6. The third kappa shape index (κ3) is 4.35. The first-order chi connectivity index (χ1) is 11.9. The predicted octanol–water partition coefficient (Wildman–Crippen LogP) is 6.27. The zero-order valence-electron chi connectivity index (χ0n) is 15.3. The van der Waals surface area contributed by atoms with Crippen LogP contribution in [0.25, 0.3) is 22.6 Å². The Kier molecular flexibility index (Phi) is 5.33. The van der Waals surface area contributed by atoms with Crippen LogP contribution in [0.4, 0.5) is 5.69 Å². The molecule has 25 heavy (non-hydrogen) atoms. The van der Waals surface area contributed by atoms with E-state index in [9.17, 15) is 0 Å². The number of benzene rings is 2. The topological polar surface area (TPSA) is 29.3 Å². The van der Waals surface area contributed by atoms with Gasteiger partial charge in [0.15, 0.2) is 5.58 Å². The van der Waals surface area contributed by atoms with Gasteiger partial charge in [-0.1, -0.05) is 39.3 Å². The van der Waals surface area contributed by atoms with Gasteiger partial charge >= 0.3 is 0 Å². The summed E-state index contributed by atoms with van der Waals surface area (Å²) in [6.07, 6.45) is 0. The maximum Gasteiger partial charge on any atom is 0.227 e. The van der Waals surface area contributed by atoms with Crippen LogP contribution in [0, 0.1) is 11.8 Å². The SMILES string of the molecule is CC(C)CN(CC(C)C)c1ccc2oc(-c3ccc(Cl)cc3)nc2c1. The first-order valence-electron chi connectivity index (χ1n) is 8.84. The van der Waals surface area contributed by atoms with Gasteiger partial charge in [-0.05, 0) is 54.3 Å². The van der Waals surface area contributed by atoms with E-state index in [1.807, 2.05) is 30.3 Å². The minimum atomic E-state index is 0.608. The molecule has 2 aromatic carbocycles. The molecule has 3 aromatic rings. The monoisotopic (exact) mass is 356 g/mol. The van der Waals surface area contributed by atoms with Crippen molar-refractivity contribution in [1.82, 2.24) is 4.98 Å². The summed E-state index contributed by atoms with van der Waals surface area (Å²) in [4.78, 5) is 7.11. The lowest BCUT2D eigenvalue weighted by atomic mass is 10.1. The average molecular weight is 357 g/mol. The van der Waals surface area contributed by atoms with Crippen molar-refractivity contribution in [1.29, 1.82) is 0 Å². The summed E-state index contributed by atoms with van der Waals surface area (Å²) in [5.41, 5.74) is 3.83. The highest BCUT2D eigenvalue weighted by Crippen LogP contribution is 2.28. The Morgan fingerprint density at radius 1 is 0.960 bits per heavy atom. The van der Waals surface area contributed by atoms with Gasteiger partial charge in [0.2, 0.25) is 5.89 Å². The number of hydrogen-bond donors (Lipinski definition) is 0. The van der Waals surface area contributed by atoms with Crippen LogP contribution in [0.5, 0.6) is 0 Å². The largest absolute Gasteiger partial charge is 0.436 e. The van der Waals surface area contributed by atoms with Crippen LogP contribution < -0.4 is 4.90 Å². The Labute approximate surface area is 154 Å². The third-order valence-electron chi connectivity index (χ3n) is 4.00. The number of fused-ring (bicyclic) bond motifs is 1. The highest BCUT2D eigenvalue weighted by molar-refractivity contribution is 6.30. The Bertz CT molecular complexity index is 827. The van der Waals surface area contributed by atoms with Crippen molar-refractivity contribution >= 4 is 28.4 Å². The number of hydrogen-bond acceptors (Lipinski definition) is 3. The summed E-state index contributed by atoms with van der Waals surface area (Å²) < 4.78 is 5.92. The second-order valence-corrected chi connectivity index (χ2v) is 7.81. The second-order valence-electron chi connectivity index (χ2n) is 7.37. The lowest BCUT2D eigenvalue weighted by Gasteiger charge is -2.28. The molecule has 0 aliphatic carbocycles. The molecule has 0 saturated carbocycles. The van der Waals surface area contributed by atoms with Crippen molar-refractivity contribution in [2.24, 2.45) is 11.8 Å². The van der Waals surface area contributed by atoms with Gasteiger partial charge in [-0.3, -0.25) is 0 Å². The Morgan fingerprint density at radius 3 is 2.20 bits per heavy atom. The van der Waals surface area contributed by atoms with Gasteiger partial charge < -0.3 is 9.32 Å². The lowest BCUT2D eigenvalue weighted by Crippen LogP contribution is -2.31. The zero-order chi connectivity index (χ0) is 18.0. The predicted molar refractivity (Wildman–Crippen MR) is 106 cm³/mol. The summed E-state index contributed by atoms with van der Waals surface area (Å²) in [6, 6.07) is 13.8. The maximum absolute atomic E-state index is 5.96. The Hall–Kier alpha value is -2.00. The van der Waals surface area contributed by atoms with Gasteiger partial charge in [0, 0.05) is 29.4 Å². The van der Waals surface area contributed by atoms with Crippen molar-refractivity contribution < 1.29 is 4.42 Å². The van der Waals surface area contributed by atoms with E-state index in [2.05, 4.69) is 49.7 Å². The molecule has 0 spiro atoms. The molecular weight excluding hydrogens is 332 g/mol. The lowest BCUT2D eigenvalue weighted by molar-refractivity contribution is 0.553. The van der Waals surface area contributed by atoms with E-state index >= 15 is 0 Å². The maximum atomic E-state index is 5.96. The smallest absolute Gasteiger partial charge is 0.227 e. The van der Waals surface area contributed by atoms with E-state index in [4.69, 9.17) is 16.0 Å². The summed E-state index contributed by atoms with van der Waals surface area (Å²) in [7, 11) is 0. The molecule has 3 rings (SSSR count). The van der Waals surface area contributed by atoms with Gasteiger partial charge in [0.05, 0.1) is 0 Å². The van der Waals surface area contributed by atoms with E-state index < -0.39 is 0 Å². The minimum Gasteiger partial charge on any atom is -0.436 e. The number of anilines is 1. The summed E-state index contributed by atoms with van der Waals surface area (Å²) >= 11 is 5.96. The van der Waals surface area contributed by atoms with Gasteiger partial charge in [-0.25, -0.2) is 4.98 Å². The number of nitrogens with zero attached hydrogens (tertiary/aromatic N) is 2. The molecule has 0 aliphatic heterocycles. The number of aromatic nitrogens is 1. The summed E-state index contributed by atoms with van der Waals surface area (Å²) in [5.74, 6) is 1.84. The van der Waals surface area contributed by atoms with Gasteiger partial charge in [0.1, 0.15) is 5.52 Å². The molecule has 4 heteroatoms. The van der Waals surface area contributed by atoms with Crippen LogP contribution in [0.15, 0.2) is 46.9 Å². The van der Waals surface area contributed by atoms with E-state index in [0.29, 0.717) is 22.7 Å². The first-order valence-corrected chi connectivity index (χ1v) is 9.21. The molecule has 1 aromatic heterocycles. The number of halogens is 1. The fourth-order valence-electron chi connectivity index (χ4n) is 3.00. The van der Waals surface area contributed by atoms with Crippen LogP contribution in [0.2, 0.25) is 5.02 Å². The second kappa shape index (κ2) is 7.49. The van der Waals surface area contributed by atoms with Crippen molar-refractivity contribution in [3.05, 3.63) is 47.5 Å². The summed E-state index contributed by atoms with van der Waals surface area (Å²) in [6.45, 7) is 11.1. The molecule has 0 saturated heterocycles. The quantitative estimate of drug-likeness (QED) is 0.521. The zero-order valence-corrected chi connectivity index (χ0v) is 16.0. The fourth-order valence-corrected chi connectivity index (χ4v) is 3.12. The minimum absolute atomic E-state index is 0.608. The highest BCUT2D eigenvalue weighted by Gasteiger charge is 2.14. The van der Waals surface area contributed by atoms with E-state index in [1.54, 1.807) is 0 Å². The molecule has 0 unspecified atom stereocenters. The third-order valence-corrected chi connectivity index (χ3v) is 4.25. The van der Waals surface area contributed by atoms with E-state index in [-0.39, 0.29) is 0 Å². The van der Waals surface area contributed by atoms with E-state index in [0.717, 1.165) is 29.8 Å².